The molecule has 1 unspecified atom stereocenters. The molecule has 0 aromatic rings. The SMILES string of the molecule is C=C[C@](C)(CC/C=C(\C)CC/C=C(\C)CC/C=C(/C)CO[C@@H]1O[C@H](CO[C@@H]2O[C@@H](C)[C@H](O)[C@@H](O)[C@H]2O)[C@@H](O[C@@H]2O[C@@H](C)[C@H](O)[C@@H](OC(=O)/C(C)=C/C(O)C/C(C)=C/CC/C(C)=C/CC[C@@](C)(C=C)O[C@@H]3O[C@H](CO)[C@@H](O)[C@H](O)[C@H]3O[C@@H]3O[C@H](CO)[C@@H](O)[C@H](O)[C@H]3O)[C@H]2O)[C@H](O)[C@H]1O)O[C@@H]1O[C@H](CO)[C@@H](O)[C@H](O)[C@H]1O[C@@H]1O[C@H](CO)[C@@H](O)[C@H](O)[C@H]1O. The molecule has 7 saturated heterocycles. The maximum atomic E-state index is 13.7. The smallest absolute Gasteiger partial charge is 0.333 e. The first kappa shape index (κ1) is 103. The maximum Gasteiger partial charge on any atom is 0.333 e. The number of ether oxygens (including phenoxy) is 15. The lowest BCUT2D eigenvalue weighted by Crippen LogP contribution is -2.65. The highest BCUT2D eigenvalue weighted by molar-refractivity contribution is 5.88. The second-order valence-electron chi connectivity index (χ2n) is 32.9. The molecule has 7 aliphatic heterocycles. The zero-order valence-corrected chi connectivity index (χ0v) is 69.7. The first-order chi connectivity index (χ1) is 56.6. The van der Waals surface area contributed by atoms with Crippen LogP contribution >= 0.6 is 0 Å². The van der Waals surface area contributed by atoms with E-state index in [2.05, 4.69) is 19.2 Å². The minimum Gasteiger partial charge on any atom is -0.453 e. The predicted octanol–water partition coefficient (Wildman–Crippen LogP) is -3.44. The fourth-order valence-electron chi connectivity index (χ4n) is 14.8. The van der Waals surface area contributed by atoms with E-state index in [1.165, 1.54) is 39.0 Å². The van der Waals surface area contributed by atoms with Crippen LogP contribution in [0.4, 0.5) is 0 Å². The molecule has 0 aliphatic carbocycles. The number of hydrogen-bond acceptors (Lipinski definition) is 38. The van der Waals surface area contributed by atoms with Gasteiger partial charge in [-0.2, -0.15) is 0 Å². The fraction of sp³-hybridized carbons (Fsp3) is 0.793. The van der Waals surface area contributed by atoms with Gasteiger partial charge in [0.2, 0.25) is 0 Å². The Hall–Kier alpha value is -4.05. The van der Waals surface area contributed by atoms with Gasteiger partial charge in [0.15, 0.2) is 50.1 Å². The molecular formula is C82H134O38. The lowest BCUT2D eigenvalue weighted by Gasteiger charge is -2.47. The van der Waals surface area contributed by atoms with Crippen LogP contribution in [-0.2, 0) is 75.8 Å². The van der Waals surface area contributed by atoms with Crippen molar-refractivity contribution in [1.82, 2.24) is 0 Å². The van der Waals surface area contributed by atoms with Crippen molar-refractivity contribution in [3.8, 4) is 0 Å². The standard InChI is InChI=1S/C82H134O38/c1-13-81(11,119-79-71(61(97)56(92)49(34-85)112-79)117-76-65(101)59(95)54(90)47(32-83)110-76)28-18-26-39(4)21-15-20-38(3)23-17-25-42(7)36-106-75-67(103)63(99)69(51(114-75)37-107-74-64(100)58(94)52(88)44(9)108-74)116-78-68(104)70(53(89)45(10)109-78)115-73(105)43(8)31-46(87)30-41(6)24-16-22-40(5)27-19-29-82(12,14-2)120-80-72(62(98)57(93)50(35-86)113-80)118-77-66(102)60(96)55(91)48(33-84)111-77/h13-14,20,24-27,31,44-72,74-80,83-104H,1-2,15-19,21-23,28-30,32-37H2,3-12H3/b38-20+,39-26+,40-27+,41-24+,42-25-,43-31+/t44-,45-,46?,47+,48+,49+,50+,51+,52-,53-,54+,55+,56+,57+,58+,59-,60-,61-,62-,63+,64+,65+,66+,67+,68+,69+,70+,71+,72+,74+,75+,76-,77-,78-,79-,80-,81+,82+/m0/s1. The molecule has 22 N–H and O–H groups in total. The highest BCUT2D eigenvalue weighted by Gasteiger charge is 2.57. The molecule has 7 rings (SSSR count). The predicted molar refractivity (Wildman–Crippen MR) is 418 cm³/mol. The molecule has 0 radical (unpaired) electrons. The molecule has 0 spiro atoms. The molecule has 120 heavy (non-hydrogen) atoms. The van der Waals surface area contributed by atoms with Gasteiger partial charge in [-0.3, -0.25) is 0 Å². The van der Waals surface area contributed by atoms with Crippen molar-refractivity contribution in [3.63, 3.8) is 0 Å². The summed E-state index contributed by atoms with van der Waals surface area (Å²) in [6, 6.07) is 0. The van der Waals surface area contributed by atoms with Gasteiger partial charge >= 0.3 is 5.97 Å². The van der Waals surface area contributed by atoms with Gasteiger partial charge in [-0.1, -0.05) is 70.4 Å². The summed E-state index contributed by atoms with van der Waals surface area (Å²) in [5.74, 6) is -1.04. The van der Waals surface area contributed by atoms with Crippen molar-refractivity contribution in [3.05, 3.63) is 95.2 Å². The van der Waals surface area contributed by atoms with Gasteiger partial charge < -0.3 is 183 Å². The van der Waals surface area contributed by atoms with E-state index >= 15 is 0 Å². The lowest BCUT2D eigenvalue weighted by atomic mass is 9.95. The first-order valence-corrected chi connectivity index (χ1v) is 40.9. The average Bonchev–Trinajstić information content (AvgIpc) is 0.784. The number of aliphatic hydroxyl groups excluding tert-OH is 22. The summed E-state index contributed by atoms with van der Waals surface area (Å²) in [6.45, 7) is 21.2. The van der Waals surface area contributed by atoms with Crippen LogP contribution in [0.3, 0.4) is 0 Å². The van der Waals surface area contributed by atoms with Gasteiger partial charge in [-0.15, -0.1) is 13.2 Å². The summed E-state index contributed by atoms with van der Waals surface area (Å²) in [6.07, 6.45) is -38.3. The van der Waals surface area contributed by atoms with Gasteiger partial charge in [0.05, 0.1) is 69.2 Å². The van der Waals surface area contributed by atoms with Gasteiger partial charge in [-0.25, -0.2) is 4.79 Å². The van der Waals surface area contributed by atoms with E-state index in [1.807, 2.05) is 45.1 Å². The molecular weight excluding hydrogens is 1590 g/mol. The molecule has 38 heteroatoms. The van der Waals surface area contributed by atoms with E-state index in [-0.39, 0.29) is 18.6 Å². The average molecular weight is 1730 g/mol. The number of allylic oxidation sites excluding steroid dienone is 8. The molecule has 0 bridgehead atoms. The molecule has 0 amide bonds. The van der Waals surface area contributed by atoms with Crippen LogP contribution in [0.1, 0.15) is 140 Å². The Labute approximate surface area is 698 Å². The normalized spacial score (nSPS) is 41.1. The third kappa shape index (κ3) is 27.5. The minimum absolute atomic E-state index is 0.0912. The molecule has 0 aromatic carbocycles. The Morgan fingerprint density at radius 2 is 0.717 bits per heavy atom. The molecule has 0 saturated carbocycles. The Bertz CT molecular complexity index is 3340. The van der Waals surface area contributed by atoms with Crippen LogP contribution in [0.25, 0.3) is 0 Å². The van der Waals surface area contributed by atoms with Crippen LogP contribution in [0, 0.1) is 0 Å². The molecule has 7 aliphatic rings. The van der Waals surface area contributed by atoms with Gasteiger partial charge in [0.25, 0.3) is 0 Å². The molecule has 38 nitrogen and oxygen atoms in total. The van der Waals surface area contributed by atoms with Crippen molar-refractivity contribution in [2.24, 2.45) is 0 Å². The number of carbonyl (C=O) groups is 1. The van der Waals surface area contributed by atoms with Crippen molar-refractivity contribution in [2.45, 2.75) is 372 Å². The Morgan fingerprint density at radius 3 is 1.17 bits per heavy atom. The van der Waals surface area contributed by atoms with E-state index in [0.717, 1.165) is 27.9 Å². The van der Waals surface area contributed by atoms with E-state index in [1.54, 1.807) is 27.7 Å². The molecule has 0 aromatic heterocycles. The van der Waals surface area contributed by atoms with Gasteiger partial charge in [0.1, 0.15) is 153 Å². The van der Waals surface area contributed by atoms with Gasteiger partial charge in [0, 0.05) is 5.57 Å². The van der Waals surface area contributed by atoms with Crippen LogP contribution < -0.4 is 0 Å². The molecule has 7 fully saturated rings. The largest absolute Gasteiger partial charge is 0.453 e. The molecule has 690 valence electrons. The zero-order valence-electron chi connectivity index (χ0n) is 69.7. The first-order valence-electron chi connectivity index (χ1n) is 40.9. The van der Waals surface area contributed by atoms with Gasteiger partial charge in [-0.05, 0) is 146 Å². The molecule has 7 heterocycles. The zero-order chi connectivity index (χ0) is 89.1. The van der Waals surface area contributed by atoms with E-state index in [9.17, 15) is 117 Å². The van der Waals surface area contributed by atoms with Crippen LogP contribution in [0.2, 0.25) is 0 Å². The van der Waals surface area contributed by atoms with E-state index in [4.69, 9.17) is 71.1 Å². The summed E-state index contributed by atoms with van der Waals surface area (Å²) >= 11 is 0. The maximum absolute atomic E-state index is 13.7. The number of hydrogen-bond donors (Lipinski definition) is 22. The quantitative estimate of drug-likeness (QED) is 0.0161. The van der Waals surface area contributed by atoms with Crippen molar-refractivity contribution < 1.29 is 188 Å². The van der Waals surface area contributed by atoms with Crippen molar-refractivity contribution in [2.75, 3.05) is 39.6 Å². The summed E-state index contributed by atoms with van der Waals surface area (Å²) in [4.78, 5) is 13.7. The Morgan fingerprint density at radius 1 is 0.375 bits per heavy atom. The summed E-state index contributed by atoms with van der Waals surface area (Å²) in [5.41, 5.74) is 2.18. The number of carbonyl (C=O) groups excluding carboxylic acids is 1. The van der Waals surface area contributed by atoms with E-state index in [0.29, 0.717) is 64.2 Å². The van der Waals surface area contributed by atoms with Crippen LogP contribution in [-0.4, -0.2) is 390 Å². The summed E-state index contributed by atoms with van der Waals surface area (Å²) < 4.78 is 88.3. The highest BCUT2D eigenvalue weighted by Crippen LogP contribution is 2.39. The summed E-state index contributed by atoms with van der Waals surface area (Å²) in [5, 5.41) is 235. The lowest BCUT2D eigenvalue weighted by molar-refractivity contribution is -0.375. The third-order valence-corrected chi connectivity index (χ3v) is 22.9. The van der Waals surface area contributed by atoms with Crippen LogP contribution in [0.15, 0.2) is 95.2 Å². The number of rotatable bonds is 42. The van der Waals surface area contributed by atoms with Crippen molar-refractivity contribution in [1.29, 1.82) is 0 Å². The third-order valence-electron chi connectivity index (χ3n) is 22.9. The second kappa shape index (κ2) is 47.7. The summed E-state index contributed by atoms with van der Waals surface area (Å²) in [7, 11) is 0. The topological polar surface area (TPSA) is 601 Å². The molecule has 38 atom stereocenters. The Balaban J connectivity index is 0.890. The highest BCUT2D eigenvalue weighted by atomic mass is 16.8. The Kier molecular flexibility index (Phi) is 40.9. The minimum atomic E-state index is -1.97. The number of esters is 1. The van der Waals surface area contributed by atoms with Crippen LogP contribution in [0.5, 0.6) is 0 Å². The second-order valence-corrected chi connectivity index (χ2v) is 32.9. The monoisotopic (exact) mass is 1730 g/mol. The fourth-order valence-corrected chi connectivity index (χ4v) is 14.8. The number of aliphatic hydroxyl groups is 22. The van der Waals surface area contributed by atoms with Crippen molar-refractivity contribution >= 4 is 5.97 Å². The van der Waals surface area contributed by atoms with E-state index < -0.39 is 271 Å².